The largest absolute Gasteiger partial charge is 0.389 e. The van der Waals surface area contributed by atoms with Crippen LogP contribution in [0.2, 0.25) is 0 Å². The Kier molecular flexibility index (Phi) is 8.41. The Hall–Kier alpha value is -3.93. The van der Waals surface area contributed by atoms with E-state index < -0.39 is 104 Å². The molecule has 0 radical (unpaired) electrons. The number of nitrogens with two attached hydrogens (primary N) is 1. The first-order valence-electron chi connectivity index (χ1n) is 15.4. The Labute approximate surface area is 266 Å². The van der Waals surface area contributed by atoms with Crippen LogP contribution in [0.3, 0.4) is 0 Å². The van der Waals surface area contributed by atoms with Gasteiger partial charge in [-0.2, -0.15) is 35.8 Å². The number of fused-ring (bicyclic) bond motifs is 1. The van der Waals surface area contributed by atoms with Gasteiger partial charge in [0, 0.05) is 25.7 Å². The second-order valence-electron chi connectivity index (χ2n) is 13.0. The summed E-state index contributed by atoms with van der Waals surface area (Å²) < 4.78 is 125. The molecular weight excluding hydrogens is 663 g/mol. The molecule has 3 saturated carbocycles. The highest BCUT2D eigenvalue weighted by molar-refractivity contribution is 5.92. The zero-order valence-electron chi connectivity index (χ0n) is 25.2. The van der Waals surface area contributed by atoms with E-state index in [0.717, 1.165) is 4.68 Å². The van der Waals surface area contributed by atoms with E-state index in [1.54, 1.807) is 6.07 Å². The van der Waals surface area contributed by atoms with Crippen molar-refractivity contribution in [1.82, 2.24) is 34.9 Å². The molecule has 6 rings (SSSR count). The zero-order chi connectivity index (χ0) is 34.8. The molecule has 3 heterocycles. The summed E-state index contributed by atoms with van der Waals surface area (Å²) in [7, 11) is 0. The third kappa shape index (κ3) is 6.68. The van der Waals surface area contributed by atoms with E-state index in [1.807, 2.05) is 0 Å². The van der Waals surface area contributed by atoms with Gasteiger partial charge in [0.05, 0.1) is 54.6 Å². The Morgan fingerprint density at radius 3 is 2.31 bits per heavy atom. The summed E-state index contributed by atoms with van der Waals surface area (Å²) in [6.45, 7) is -0.759. The fourth-order valence-electron chi connectivity index (χ4n) is 6.70. The number of aromatic nitrogens is 6. The van der Waals surface area contributed by atoms with Crippen LogP contribution in [0.5, 0.6) is 0 Å². The minimum Gasteiger partial charge on any atom is -0.364 e. The number of hydrogen-bond donors (Lipinski definition) is 2. The molecule has 10 nitrogen and oxygen atoms in total. The summed E-state index contributed by atoms with van der Waals surface area (Å²) in [5.74, 6) is -17.1. The standard InChI is InChI=1S/C29H31F9N8O2/c30-26(31)6-3-14(4-7-26)21(24-23(25(39)48)43-44-46(24)12-17-10-27(32,33)29(17,37)38)18-13-45-19(41-18)9-16(11-40-45)22(15-1-2-15)42-20(47)5-8-28(34,35)36/h9,11,13-15,17,21-22H,1-8,10,12H2,(H2,39,48)(H,42,47)/t17?,21-,22+/m0/s1. The van der Waals surface area contributed by atoms with Gasteiger partial charge >= 0.3 is 18.0 Å². The summed E-state index contributed by atoms with van der Waals surface area (Å²) in [5, 5.41) is 14.5. The van der Waals surface area contributed by atoms with E-state index in [1.165, 1.54) is 16.9 Å². The van der Waals surface area contributed by atoms with Gasteiger partial charge in [0.15, 0.2) is 11.3 Å². The highest BCUT2D eigenvalue weighted by Gasteiger charge is 2.71. The molecule has 3 N–H and O–H groups in total. The van der Waals surface area contributed by atoms with Crippen LogP contribution in [0, 0.1) is 17.8 Å². The smallest absolute Gasteiger partial charge is 0.364 e. The molecule has 0 aliphatic heterocycles. The molecular formula is C29H31F9N8O2. The maximum atomic E-state index is 14.3. The zero-order valence-corrected chi connectivity index (χ0v) is 25.2. The number of amides is 2. The molecule has 19 heteroatoms. The van der Waals surface area contributed by atoms with Crippen molar-refractivity contribution in [3.05, 3.63) is 41.1 Å². The van der Waals surface area contributed by atoms with Crippen LogP contribution in [0.15, 0.2) is 18.5 Å². The van der Waals surface area contributed by atoms with Gasteiger partial charge in [-0.05, 0) is 49.1 Å². The van der Waals surface area contributed by atoms with Crippen LogP contribution in [0.4, 0.5) is 39.5 Å². The molecule has 0 bridgehead atoms. The fraction of sp³-hybridized carbons (Fsp3) is 0.655. The first-order chi connectivity index (χ1) is 22.3. The molecule has 3 aliphatic rings. The monoisotopic (exact) mass is 694 g/mol. The lowest BCUT2D eigenvalue weighted by Crippen LogP contribution is -2.60. The molecule has 3 aromatic heterocycles. The topological polar surface area (TPSA) is 133 Å². The predicted octanol–water partition coefficient (Wildman–Crippen LogP) is 5.58. The molecule has 262 valence electrons. The molecule has 2 amide bonds. The molecule has 3 atom stereocenters. The number of nitrogens with zero attached hydrogens (tertiary/aromatic N) is 6. The average molecular weight is 695 g/mol. The van der Waals surface area contributed by atoms with Crippen LogP contribution in [-0.2, 0) is 11.3 Å². The van der Waals surface area contributed by atoms with E-state index in [-0.39, 0.29) is 35.8 Å². The van der Waals surface area contributed by atoms with E-state index >= 15 is 0 Å². The lowest BCUT2D eigenvalue weighted by molar-refractivity contribution is -0.316. The van der Waals surface area contributed by atoms with Crippen molar-refractivity contribution in [3.8, 4) is 0 Å². The highest BCUT2D eigenvalue weighted by Crippen LogP contribution is 2.56. The van der Waals surface area contributed by atoms with Gasteiger partial charge in [0.2, 0.25) is 11.8 Å². The Morgan fingerprint density at radius 2 is 1.73 bits per heavy atom. The van der Waals surface area contributed by atoms with Crippen molar-refractivity contribution in [2.24, 2.45) is 23.5 Å². The summed E-state index contributed by atoms with van der Waals surface area (Å²) in [6, 6.07) is 0.895. The SMILES string of the molecule is NC(=O)c1nnn(CC2CC(F)(F)C2(F)F)c1[C@H](c1cn2ncc([C@H](NC(=O)CCC(F)(F)F)C3CC3)cc2n1)C1CCC(F)(F)CC1. The average Bonchev–Trinajstić information content (AvgIpc) is 3.62. The number of imidazole rings is 1. The number of rotatable bonds is 11. The summed E-state index contributed by atoms with van der Waals surface area (Å²) in [6.07, 6.45) is -4.67. The molecule has 3 aromatic rings. The van der Waals surface area contributed by atoms with Gasteiger partial charge in [0.1, 0.15) is 0 Å². The van der Waals surface area contributed by atoms with Crippen LogP contribution in [0.25, 0.3) is 5.65 Å². The van der Waals surface area contributed by atoms with Gasteiger partial charge in [-0.3, -0.25) is 9.59 Å². The lowest BCUT2D eigenvalue weighted by Gasteiger charge is -2.43. The van der Waals surface area contributed by atoms with Crippen molar-refractivity contribution < 1.29 is 49.1 Å². The molecule has 3 fully saturated rings. The van der Waals surface area contributed by atoms with Gasteiger partial charge in [-0.25, -0.2) is 23.0 Å². The molecule has 1 unspecified atom stereocenters. The number of carbonyl (C=O) groups is 2. The molecule has 48 heavy (non-hydrogen) atoms. The Morgan fingerprint density at radius 1 is 1.04 bits per heavy atom. The molecule has 0 saturated heterocycles. The van der Waals surface area contributed by atoms with Crippen LogP contribution >= 0.6 is 0 Å². The van der Waals surface area contributed by atoms with Crippen molar-refractivity contribution in [2.45, 2.75) is 100 Å². The van der Waals surface area contributed by atoms with Gasteiger partial charge in [-0.1, -0.05) is 5.21 Å². The lowest BCUT2D eigenvalue weighted by atomic mass is 9.74. The number of nitrogens with one attached hydrogen (secondary N) is 1. The van der Waals surface area contributed by atoms with Crippen LogP contribution in [0.1, 0.15) is 97.2 Å². The minimum atomic E-state index is -4.51. The third-order valence-corrected chi connectivity index (χ3v) is 9.51. The number of carbonyl (C=O) groups excluding carboxylic acids is 2. The van der Waals surface area contributed by atoms with Gasteiger partial charge in [0.25, 0.3) is 5.91 Å². The molecule has 0 spiro atoms. The summed E-state index contributed by atoms with van der Waals surface area (Å²) in [5.41, 5.74) is 5.78. The van der Waals surface area contributed by atoms with Crippen molar-refractivity contribution in [3.63, 3.8) is 0 Å². The maximum absolute atomic E-state index is 14.3. The van der Waals surface area contributed by atoms with E-state index in [9.17, 15) is 49.1 Å². The van der Waals surface area contributed by atoms with Gasteiger partial charge in [-0.15, -0.1) is 5.10 Å². The number of primary amides is 1. The Balaban J connectivity index is 1.36. The second kappa shape index (κ2) is 11.9. The highest BCUT2D eigenvalue weighted by atomic mass is 19.4. The third-order valence-electron chi connectivity index (χ3n) is 9.51. The first-order valence-corrected chi connectivity index (χ1v) is 15.4. The van der Waals surface area contributed by atoms with Crippen molar-refractivity contribution in [2.75, 3.05) is 0 Å². The molecule has 3 aliphatic carbocycles. The first kappa shape index (κ1) is 34.0. The fourth-order valence-corrected chi connectivity index (χ4v) is 6.70. The quantitative estimate of drug-likeness (QED) is 0.252. The van der Waals surface area contributed by atoms with E-state index in [2.05, 4.69) is 25.7 Å². The summed E-state index contributed by atoms with van der Waals surface area (Å²) in [4.78, 5) is 29.5. The van der Waals surface area contributed by atoms with E-state index in [0.29, 0.717) is 18.4 Å². The van der Waals surface area contributed by atoms with Crippen molar-refractivity contribution in [1.29, 1.82) is 0 Å². The van der Waals surface area contributed by atoms with Crippen LogP contribution < -0.4 is 11.1 Å². The Bertz CT molecular complexity index is 1690. The van der Waals surface area contributed by atoms with Crippen molar-refractivity contribution >= 4 is 17.5 Å². The minimum absolute atomic E-state index is 0.0502. The number of hydrogen-bond acceptors (Lipinski definition) is 6. The summed E-state index contributed by atoms with van der Waals surface area (Å²) >= 11 is 0. The van der Waals surface area contributed by atoms with Crippen LogP contribution in [-0.4, -0.2) is 65.4 Å². The predicted molar refractivity (Wildman–Crippen MR) is 147 cm³/mol. The molecule has 0 aromatic carbocycles. The normalized spacial score (nSPS) is 23.4. The van der Waals surface area contributed by atoms with E-state index in [4.69, 9.17) is 5.73 Å². The van der Waals surface area contributed by atoms with Gasteiger partial charge < -0.3 is 11.1 Å². The number of halogens is 9. The second-order valence-corrected chi connectivity index (χ2v) is 13.0. The number of alkyl halides is 9. The maximum Gasteiger partial charge on any atom is 0.389 e.